The highest BCUT2D eigenvalue weighted by atomic mass is 16.2. The highest BCUT2D eigenvalue weighted by molar-refractivity contribution is 6.05. The molecule has 3 heterocycles. The Hall–Kier alpha value is -3.03. The van der Waals surface area contributed by atoms with Crippen LogP contribution in [0.4, 0.5) is 0 Å². The summed E-state index contributed by atoms with van der Waals surface area (Å²) in [5, 5.41) is 9.30. The van der Waals surface area contributed by atoms with Crippen molar-refractivity contribution < 1.29 is 14.4 Å². The minimum absolute atomic E-state index is 0.135. The Morgan fingerprint density at radius 2 is 1.90 bits per heavy atom. The molecule has 0 saturated carbocycles. The molecule has 0 bridgehead atoms. The molecule has 7 heteroatoms. The number of piperidine rings is 1. The molecule has 7 nitrogen and oxygen atoms in total. The van der Waals surface area contributed by atoms with E-state index in [2.05, 4.69) is 41.1 Å². The van der Waals surface area contributed by atoms with E-state index < -0.39 is 6.04 Å². The summed E-state index contributed by atoms with van der Waals surface area (Å²) in [6.45, 7) is 5.13. The number of nitrogens with zero attached hydrogens (tertiary/aromatic N) is 1. The molecule has 0 radical (unpaired) electrons. The molecule has 160 valence electrons. The molecule has 3 amide bonds. The van der Waals surface area contributed by atoms with Crippen LogP contribution in [0, 0.1) is 0 Å². The Bertz CT molecular complexity index is 1080. The number of imide groups is 1. The number of nitrogens with one attached hydrogen (secondary N) is 3. The fourth-order valence-electron chi connectivity index (χ4n) is 4.71. The molecule has 2 aromatic carbocycles. The van der Waals surface area contributed by atoms with Gasteiger partial charge in [-0.15, -0.1) is 0 Å². The fourth-order valence-corrected chi connectivity index (χ4v) is 4.71. The lowest BCUT2D eigenvalue weighted by Gasteiger charge is -2.29. The first kappa shape index (κ1) is 19.9. The van der Waals surface area contributed by atoms with Crippen LogP contribution >= 0.6 is 0 Å². The van der Waals surface area contributed by atoms with E-state index in [1.807, 2.05) is 18.2 Å². The van der Waals surface area contributed by atoms with Gasteiger partial charge in [0.05, 0.1) is 0 Å². The van der Waals surface area contributed by atoms with Gasteiger partial charge in [-0.05, 0) is 47.2 Å². The maximum absolute atomic E-state index is 12.8. The molecular formula is C24H26N4O3. The molecule has 1 saturated heterocycles. The van der Waals surface area contributed by atoms with Crippen LogP contribution in [0.2, 0.25) is 0 Å². The fraction of sp³-hybridized carbons (Fsp3) is 0.375. The highest BCUT2D eigenvalue weighted by Gasteiger charge is 2.39. The third-order valence-electron chi connectivity index (χ3n) is 6.56. The van der Waals surface area contributed by atoms with E-state index in [4.69, 9.17) is 0 Å². The molecule has 2 unspecified atom stereocenters. The van der Waals surface area contributed by atoms with Gasteiger partial charge in [0.15, 0.2) is 0 Å². The van der Waals surface area contributed by atoms with Crippen LogP contribution in [-0.4, -0.2) is 28.7 Å². The first-order valence-electron chi connectivity index (χ1n) is 10.8. The van der Waals surface area contributed by atoms with Crippen molar-refractivity contribution in [1.82, 2.24) is 20.9 Å². The lowest BCUT2D eigenvalue weighted by atomic mass is 10.0. The predicted molar refractivity (Wildman–Crippen MR) is 115 cm³/mol. The molecule has 3 aliphatic heterocycles. The Balaban J connectivity index is 1.25. The SMILES string of the molecule is CC(NCc1ccc2c(c1)CN(C1CCC(=O)NC1=O)C2=O)c1ccc2c(c1)CNC2. The first-order valence-corrected chi connectivity index (χ1v) is 10.8. The van der Waals surface area contributed by atoms with Crippen molar-refractivity contribution >= 4 is 17.7 Å². The van der Waals surface area contributed by atoms with Gasteiger partial charge < -0.3 is 15.5 Å². The second kappa shape index (κ2) is 7.90. The topological polar surface area (TPSA) is 90.5 Å². The second-order valence-electron chi connectivity index (χ2n) is 8.63. The number of carbonyl (C=O) groups excluding carboxylic acids is 3. The van der Waals surface area contributed by atoms with Gasteiger partial charge in [0, 0.05) is 44.2 Å². The van der Waals surface area contributed by atoms with E-state index in [-0.39, 0.29) is 30.2 Å². The van der Waals surface area contributed by atoms with Crippen LogP contribution in [0.15, 0.2) is 36.4 Å². The van der Waals surface area contributed by atoms with E-state index in [0.29, 0.717) is 25.1 Å². The van der Waals surface area contributed by atoms with Crippen LogP contribution in [0.5, 0.6) is 0 Å². The first-order chi connectivity index (χ1) is 15.0. The minimum Gasteiger partial charge on any atom is -0.322 e. The maximum Gasteiger partial charge on any atom is 0.255 e. The lowest BCUT2D eigenvalue weighted by Crippen LogP contribution is -2.52. The van der Waals surface area contributed by atoms with Crippen molar-refractivity contribution in [2.75, 3.05) is 0 Å². The molecule has 1 fully saturated rings. The number of hydrogen-bond acceptors (Lipinski definition) is 5. The van der Waals surface area contributed by atoms with Gasteiger partial charge in [0.2, 0.25) is 11.8 Å². The predicted octanol–water partition coefficient (Wildman–Crippen LogP) is 1.90. The standard InChI is InChI=1S/C24H26N4O3/c1-14(16-3-4-17-11-25-12-18(17)9-16)26-10-15-2-5-20-19(8-15)13-28(24(20)31)21-6-7-22(29)27-23(21)30/h2-5,8-9,14,21,25-26H,6-7,10-13H2,1H3,(H,27,29,30). The van der Waals surface area contributed by atoms with Gasteiger partial charge in [-0.2, -0.15) is 0 Å². The molecule has 3 aliphatic rings. The van der Waals surface area contributed by atoms with Crippen LogP contribution in [0.3, 0.4) is 0 Å². The van der Waals surface area contributed by atoms with Crippen molar-refractivity contribution in [3.8, 4) is 0 Å². The third kappa shape index (κ3) is 3.75. The summed E-state index contributed by atoms with van der Waals surface area (Å²) in [6, 6.07) is 12.2. The third-order valence-corrected chi connectivity index (χ3v) is 6.56. The molecule has 0 aromatic heterocycles. The largest absolute Gasteiger partial charge is 0.322 e. The van der Waals surface area contributed by atoms with Crippen molar-refractivity contribution in [2.24, 2.45) is 0 Å². The number of fused-ring (bicyclic) bond motifs is 2. The Morgan fingerprint density at radius 1 is 1.06 bits per heavy atom. The van der Waals surface area contributed by atoms with Gasteiger partial charge in [-0.3, -0.25) is 19.7 Å². The van der Waals surface area contributed by atoms with Gasteiger partial charge in [-0.1, -0.05) is 30.3 Å². The monoisotopic (exact) mass is 418 g/mol. The van der Waals surface area contributed by atoms with E-state index in [1.54, 1.807) is 4.90 Å². The van der Waals surface area contributed by atoms with Crippen LogP contribution in [0.1, 0.15) is 64.0 Å². The number of amides is 3. The number of benzene rings is 2. The van der Waals surface area contributed by atoms with Gasteiger partial charge >= 0.3 is 0 Å². The summed E-state index contributed by atoms with van der Waals surface area (Å²) in [5.74, 6) is -0.783. The van der Waals surface area contributed by atoms with Crippen LogP contribution < -0.4 is 16.0 Å². The summed E-state index contributed by atoms with van der Waals surface area (Å²) in [5.41, 5.74) is 6.70. The van der Waals surface area contributed by atoms with Crippen molar-refractivity contribution in [3.63, 3.8) is 0 Å². The van der Waals surface area contributed by atoms with E-state index >= 15 is 0 Å². The Morgan fingerprint density at radius 3 is 2.74 bits per heavy atom. The smallest absolute Gasteiger partial charge is 0.255 e. The summed E-state index contributed by atoms with van der Waals surface area (Å²) in [4.78, 5) is 38.0. The van der Waals surface area contributed by atoms with Gasteiger partial charge in [-0.25, -0.2) is 0 Å². The molecular weight excluding hydrogens is 392 g/mol. The average Bonchev–Trinajstić information content (AvgIpc) is 3.36. The van der Waals surface area contributed by atoms with Gasteiger partial charge in [0.1, 0.15) is 6.04 Å². The minimum atomic E-state index is -0.575. The zero-order valence-electron chi connectivity index (χ0n) is 17.5. The summed E-state index contributed by atoms with van der Waals surface area (Å²) in [7, 11) is 0. The normalized spacial score (nSPS) is 21.1. The van der Waals surface area contributed by atoms with E-state index in [9.17, 15) is 14.4 Å². The van der Waals surface area contributed by atoms with Crippen LogP contribution in [-0.2, 0) is 35.8 Å². The molecule has 31 heavy (non-hydrogen) atoms. The van der Waals surface area contributed by atoms with Crippen molar-refractivity contribution in [1.29, 1.82) is 0 Å². The molecule has 2 aromatic rings. The Kier molecular flexibility index (Phi) is 5.08. The second-order valence-corrected chi connectivity index (χ2v) is 8.63. The average molecular weight is 418 g/mol. The number of hydrogen-bond donors (Lipinski definition) is 3. The quantitative estimate of drug-likeness (QED) is 0.646. The maximum atomic E-state index is 12.8. The summed E-state index contributed by atoms with van der Waals surface area (Å²) in [6.07, 6.45) is 0.648. The zero-order chi connectivity index (χ0) is 21.5. The van der Waals surface area contributed by atoms with Gasteiger partial charge in [0.25, 0.3) is 5.91 Å². The van der Waals surface area contributed by atoms with E-state index in [0.717, 1.165) is 24.2 Å². The molecule has 0 spiro atoms. The zero-order valence-corrected chi connectivity index (χ0v) is 17.5. The van der Waals surface area contributed by atoms with Crippen molar-refractivity contribution in [3.05, 3.63) is 69.8 Å². The molecule has 0 aliphatic carbocycles. The Labute approximate surface area is 181 Å². The lowest BCUT2D eigenvalue weighted by molar-refractivity contribution is -0.136. The number of carbonyl (C=O) groups is 3. The highest BCUT2D eigenvalue weighted by Crippen LogP contribution is 2.28. The van der Waals surface area contributed by atoms with E-state index in [1.165, 1.54) is 16.7 Å². The van der Waals surface area contributed by atoms with Crippen molar-refractivity contribution in [2.45, 2.75) is 58.0 Å². The molecule has 3 N–H and O–H groups in total. The summed E-state index contributed by atoms with van der Waals surface area (Å²) < 4.78 is 0. The molecule has 5 rings (SSSR count). The molecule has 2 atom stereocenters. The summed E-state index contributed by atoms with van der Waals surface area (Å²) >= 11 is 0. The van der Waals surface area contributed by atoms with Crippen LogP contribution in [0.25, 0.3) is 0 Å². The number of rotatable bonds is 5.